The molecular weight excluding hydrogens is 560 g/mol. The molecular formula is C34H48N4O6. The molecule has 0 bridgehead atoms. The van der Waals surface area contributed by atoms with Crippen LogP contribution in [0.4, 0.5) is 4.79 Å². The van der Waals surface area contributed by atoms with Crippen LogP contribution in [0.1, 0.15) is 84.8 Å². The van der Waals surface area contributed by atoms with Gasteiger partial charge in [-0.05, 0) is 79.7 Å². The highest BCUT2D eigenvalue weighted by molar-refractivity contribution is 5.89. The molecule has 0 radical (unpaired) electrons. The molecule has 2 N–H and O–H groups in total. The summed E-state index contributed by atoms with van der Waals surface area (Å²) in [5.74, 6) is 1.94. The van der Waals surface area contributed by atoms with Gasteiger partial charge in [0, 0.05) is 12.6 Å². The molecule has 2 amide bonds. The van der Waals surface area contributed by atoms with Gasteiger partial charge in [0.15, 0.2) is 0 Å². The lowest BCUT2D eigenvalue weighted by Crippen LogP contribution is -2.61. The second kappa shape index (κ2) is 13.3. The predicted molar refractivity (Wildman–Crippen MR) is 167 cm³/mol. The zero-order chi connectivity index (χ0) is 31.6. The number of amides is 2. The Morgan fingerprint density at radius 3 is 2.59 bits per heavy atom. The number of alkyl carbamates (subject to hydrolysis) is 1. The van der Waals surface area contributed by atoms with E-state index in [1.165, 1.54) is 6.42 Å². The minimum Gasteiger partial charge on any atom is -0.497 e. The number of aromatic nitrogens is 2. The summed E-state index contributed by atoms with van der Waals surface area (Å²) in [4.78, 5) is 60.3. The molecule has 240 valence electrons. The molecule has 2 aliphatic carbocycles. The van der Waals surface area contributed by atoms with E-state index < -0.39 is 23.6 Å². The van der Waals surface area contributed by atoms with Crippen LogP contribution in [-0.4, -0.2) is 65.0 Å². The van der Waals surface area contributed by atoms with Crippen molar-refractivity contribution in [3.05, 3.63) is 34.2 Å². The summed E-state index contributed by atoms with van der Waals surface area (Å²) in [5, 5.41) is 2.89. The van der Waals surface area contributed by atoms with Gasteiger partial charge in [0.25, 0.3) is 5.56 Å². The number of hydrogen-bond acceptors (Lipinski definition) is 7. The number of carbonyl (C=O) groups excluding carboxylic acids is 3. The SMILES string of the molecule is CCC1CCN(C(=O)[C@@H](NC(=O)O[C@H]2C(CCCCCc3nc4ccc(OC)cc4[nH]c3=O)[C@@H]3CCC32)C(C)(C)C)C1C=O. The minimum atomic E-state index is -0.780. The van der Waals surface area contributed by atoms with Crippen molar-refractivity contribution in [2.24, 2.45) is 29.1 Å². The first-order valence-electron chi connectivity index (χ1n) is 16.4. The Morgan fingerprint density at radius 2 is 1.93 bits per heavy atom. The highest BCUT2D eigenvalue weighted by atomic mass is 16.6. The van der Waals surface area contributed by atoms with Crippen molar-refractivity contribution < 1.29 is 23.9 Å². The Morgan fingerprint density at radius 1 is 1.16 bits per heavy atom. The number of nitrogens with zero attached hydrogens (tertiary/aromatic N) is 2. The monoisotopic (exact) mass is 608 g/mol. The molecule has 1 saturated heterocycles. The van der Waals surface area contributed by atoms with Crippen LogP contribution in [0.2, 0.25) is 0 Å². The van der Waals surface area contributed by atoms with E-state index in [-0.39, 0.29) is 23.5 Å². The van der Waals surface area contributed by atoms with E-state index in [9.17, 15) is 19.2 Å². The summed E-state index contributed by atoms with van der Waals surface area (Å²) in [6.07, 6.45) is 8.44. The first-order chi connectivity index (χ1) is 21.0. The number of nitrogens with one attached hydrogen (secondary N) is 2. The number of methoxy groups -OCH3 is 1. The standard InChI is InChI=1S/C34H48N4O6/c1-6-20-16-17-38(28(20)19-39)32(41)30(34(2,3)4)37-33(42)44-29-23(22-13-14-24(22)29)10-8-7-9-11-26-31(40)36-27-18-21(43-5)12-15-25(27)35-26/h12,15,18-20,22-24,28-30H,6-11,13-14,16-17H2,1-5H3,(H,36,40)(H,37,42)/t20?,22-,23?,24?,28?,29-,30+/m0/s1. The van der Waals surface area contributed by atoms with Crippen molar-refractivity contribution >= 4 is 29.3 Å². The van der Waals surface area contributed by atoms with Gasteiger partial charge in [-0.25, -0.2) is 9.78 Å². The van der Waals surface area contributed by atoms with E-state index in [4.69, 9.17) is 9.47 Å². The van der Waals surface area contributed by atoms with E-state index in [0.29, 0.717) is 47.7 Å². The second-order valence-corrected chi connectivity index (χ2v) is 14.0. The molecule has 10 nitrogen and oxygen atoms in total. The Hall–Kier alpha value is -3.43. The summed E-state index contributed by atoms with van der Waals surface area (Å²) in [7, 11) is 1.59. The van der Waals surface area contributed by atoms with Gasteiger partial charge in [-0.15, -0.1) is 0 Å². The Kier molecular flexibility index (Phi) is 9.65. The number of fused-ring (bicyclic) bond motifs is 2. The summed E-state index contributed by atoms with van der Waals surface area (Å²) in [6, 6.07) is 4.24. The van der Waals surface area contributed by atoms with E-state index >= 15 is 0 Å². The van der Waals surface area contributed by atoms with Gasteiger partial charge in [-0.2, -0.15) is 0 Å². The lowest BCUT2D eigenvalue weighted by molar-refractivity contribution is -0.163. The number of aryl methyl sites for hydroxylation is 1. The lowest BCUT2D eigenvalue weighted by atomic mass is 9.50. The number of hydrogen-bond donors (Lipinski definition) is 2. The molecule has 2 saturated carbocycles. The molecule has 5 rings (SSSR count). The second-order valence-electron chi connectivity index (χ2n) is 14.0. The van der Waals surface area contributed by atoms with Gasteiger partial charge in [0.05, 0.1) is 24.2 Å². The maximum absolute atomic E-state index is 13.6. The number of aromatic amines is 1. The van der Waals surface area contributed by atoms with Crippen LogP contribution in [0.3, 0.4) is 0 Å². The highest BCUT2D eigenvalue weighted by Gasteiger charge is 2.57. The smallest absolute Gasteiger partial charge is 0.408 e. The Labute approximate surface area is 259 Å². The van der Waals surface area contributed by atoms with E-state index in [1.54, 1.807) is 18.1 Å². The zero-order valence-corrected chi connectivity index (χ0v) is 26.8. The Bertz CT molecular complexity index is 1420. The number of likely N-dealkylation sites (tertiary alicyclic amines) is 1. The third-order valence-corrected chi connectivity index (χ3v) is 10.3. The third kappa shape index (κ3) is 6.49. The predicted octanol–water partition coefficient (Wildman–Crippen LogP) is 5.03. The zero-order valence-electron chi connectivity index (χ0n) is 26.8. The van der Waals surface area contributed by atoms with E-state index in [0.717, 1.165) is 56.7 Å². The van der Waals surface area contributed by atoms with Crippen LogP contribution in [0.25, 0.3) is 11.0 Å². The molecule has 1 aromatic carbocycles. The Balaban J connectivity index is 1.12. The van der Waals surface area contributed by atoms with Gasteiger partial charge in [0.1, 0.15) is 29.9 Å². The molecule has 1 aromatic heterocycles. The van der Waals surface area contributed by atoms with Crippen LogP contribution in [0, 0.1) is 29.1 Å². The fourth-order valence-electron chi connectivity index (χ4n) is 7.57. The van der Waals surface area contributed by atoms with Gasteiger partial charge < -0.3 is 29.5 Å². The number of benzene rings is 1. The number of ether oxygens (including phenoxy) is 2. The number of H-pyrrole nitrogens is 1. The van der Waals surface area contributed by atoms with Crippen molar-refractivity contribution in [1.82, 2.24) is 20.2 Å². The van der Waals surface area contributed by atoms with Gasteiger partial charge in [-0.3, -0.25) is 9.59 Å². The van der Waals surface area contributed by atoms with Gasteiger partial charge in [0.2, 0.25) is 5.91 Å². The molecule has 10 heteroatoms. The quantitative estimate of drug-likeness (QED) is 0.255. The number of unbranched alkanes of at least 4 members (excludes halogenated alkanes) is 2. The lowest BCUT2D eigenvalue weighted by Gasteiger charge is -2.58. The van der Waals surface area contributed by atoms with E-state index in [2.05, 4.69) is 15.3 Å². The van der Waals surface area contributed by atoms with Crippen LogP contribution in [0.5, 0.6) is 5.75 Å². The number of rotatable bonds is 12. The van der Waals surface area contributed by atoms with Crippen molar-refractivity contribution in [2.45, 2.75) is 104 Å². The van der Waals surface area contributed by atoms with Crippen LogP contribution in [0.15, 0.2) is 23.0 Å². The molecule has 3 aliphatic rings. The molecule has 1 aliphatic heterocycles. The normalized spacial score (nSPS) is 26.7. The average Bonchev–Trinajstić information content (AvgIpc) is 3.40. The highest BCUT2D eigenvalue weighted by Crippen LogP contribution is 2.57. The fraction of sp³-hybridized carbons (Fsp3) is 0.676. The first-order valence-corrected chi connectivity index (χ1v) is 16.4. The number of carbonyl (C=O) groups is 3. The molecule has 44 heavy (non-hydrogen) atoms. The number of aldehydes is 1. The summed E-state index contributed by atoms with van der Waals surface area (Å²) in [6.45, 7) is 8.33. The first kappa shape index (κ1) is 32.0. The third-order valence-electron chi connectivity index (χ3n) is 10.3. The van der Waals surface area contributed by atoms with E-state index in [1.807, 2.05) is 39.8 Å². The molecule has 2 heterocycles. The van der Waals surface area contributed by atoms with Crippen molar-refractivity contribution in [1.29, 1.82) is 0 Å². The van der Waals surface area contributed by atoms with Gasteiger partial charge in [-0.1, -0.05) is 47.0 Å². The van der Waals surface area contributed by atoms with Crippen molar-refractivity contribution in [2.75, 3.05) is 13.7 Å². The minimum absolute atomic E-state index is 0.134. The van der Waals surface area contributed by atoms with Crippen molar-refractivity contribution in [3.63, 3.8) is 0 Å². The topological polar surface area (TPSA) is 131 Å². The molecule has 2 aromatic rings. The maximum atomic E-state index is 13.6. The summed E-state index contributed by atoms with van der Waals surface area (Å²) >= 11 is 0. The average molecular weight is 609 g/mol. The molecule has 3 fully saturated rings. The summed E-state index contributed by atoms with van der Waals surface area (Å²) < 4.78 is 11.2. The maximum Gasteiger partial charge on any atom is 0.408 e. The fourth-order valence-corrected chi connectivity index (χ4v) is 7.57. The molecule has 4 unspecified atom stereocenters. The van der Waals surface area contributed by atoms with Crippen LogP contribution in [-0.2, 0) is 20.7 Å². The largest absolute Gasteiger partial charge is 0.497 e. The molecule has 0 spiro atoms. The van der Waals surface area contributed by atoms with Crippen LogP contribution < -0.4 is 15.6 Å². The molecule has 7 atom stereocenters. The van der Waals surface area contributed by atoms with Crippen molar-refractivity contribution in [3.8, 4) is 5.75 Å². The van der Waals surface area contributed by atoms with Gasteiger partial charge >= 0.3 is 6.09 Å². The summed E-state index contributed by atoms with van der Waals surface area (Å²) in [5.41, 5.74) is 1.25. The van der Waals surface area contributed by atoms with Crippen LogP contribution >= 0.6 is 0 Å².